The Morgan fingerprint density at radius 1 is 1.50 bits per heavy atom. The molecule has 0 aromatic carbocycles. The fraction of sp³-hybridized carbons (Fsp3) is 0.500. The van der Waals surface area contributed by atoms with Crippen molar-refractivity contribution in [3.63, 3.8) is 0 Å². The van der Waals surface area contributed by atoms with Gasteiger partial charge in [0.2, 0.25) is 0 Å². The maximum absolute atomic E-state index is 11.8. The van der Waals surface area contributed by atoms with Crippen LogP contribution >= 0.6 is 35.0 Å². The summed E-state index contributed by atoms with van der Waals surface area (Å²) in [7, 11) is 0. The zero-order valence-electron chi connectivity index (χ0n) is 6.88. The van der Waals surface area contributed by atoms with Crippen molar-refractivity contribution in [1.82, 2.24) is 9.78 Å². The molecule has 3 nitrogen and oxygen atoms in total. The van der Waals surface area contributed by atoms with E-state index in [1.165, 1.54) is 10.9 Å². The number of nitrogens with zero attached hydrogens (tertiary/aromatic N) is 2. The highest BCUT2D eigenvalue weighted by Gasteiger charge is 2.26. The Labute approximate surface area is 98.4 Å². The van der Waals surface area contributed by atoms with Gasteiger partial charge in [0.05, 0.1) is 9.99 Å². The van der Waals surface area contributed by atoms with Gasteiger partial charge in [-0.2, -0.15) is 18.3 Å². The summed E-state index contributed by atoms with van der Waals surface area (Å²) in [4.78, 5) is 0. The smallest absolute Gasteiger partial charge is 0.381 e. The Morgan fingerprint density at radius 2 is 2.07 bits per heavy atom. The number of hydrogen-bond donors (Lipinski definition) is 1. The van der Waals surface area contributed by atoms with Crippen LogP contribution in [0.2, 0.25) is 0 Å². The quantitative estimate of drug-likeness (QED) is 0.840. The van der Waals surface area contributed by atoms with Gasteiger partial charge in [0.1, 0.15) is 0 Å². The average Bonchev–Trinajstić information content (AvgIpc) is 2.27. The van der Waals surface area contributed by atoms with Gasteiger partial charge in [-0.05, 0) is 22.6 Å². The molecule has 0 amide bonds. The van der Waals surface area contributed by atoms with Gasteiger partial charge in [0.25, 0.3) is 0 Å². The van der Waals surface area contributed by atoms with Crippen LogP contribution < -0.4 is 5.73 Å². The number of nitrogen functional groups attached to an aromatic ring is 1. The zero-order chi connectivity index (χ0) is 10.1. The van der Waals surface area contributed by atoms with Crippen molar-refractivity contribution in [3.05, 3.63) is 9.77 Å². The van der Waals surface area contributed by atoms with Crippen molar-refractivity contribution in [2.45, 2.75) is 19.1 Å². The predicted molar refractivity (Wildman–Crippen MR) is 57.3 cm³/mol. The summed E-state index contributed by atoms with van der Waals surface area (Å²) in [6.07, 6.45) is -3.54. The van der Waals surface area contributed by atoms with Gasteiger partial charge in [-0.15, -0.1) is 12.4 Å². The van der Waals surface area contributed by atoms with Gasteiger partial charge >= 0.3 is 6.18 Å². The molecular formula is C6H8ClF3IN3. The molecular weight excluding hydrogens is 333 g/mol. The van der Waals surface area contributed by atoms with Crippen LogP contribution in [0.1, 0.15) is 6.42 Å². The van der Waals surface area contributed by atoms with Crippen molar-refractivity contribution in [2.24, 2.45) is 0 Å². The molecule has 0 fully saturated rings. The molecule has 1 aromatic heterocycles. The van der Waals surface area contributed by atoms with Crippen LogP contribution in [0, 0.1) is 3.57 Å². The molecule has 0 atom stereocenters. The lowest BCUT2D eigenvalue weighted by Gasteiger charge is -2.05. The summed E-state index contributed by atoms with van der Waals surface area (Å²) in [6, 6.07) is 0. The van der Waals surface area contributed by atoms with E-state index in [4.69, 9.17) is 5.73 Å². The predicted octanol–water partition coefficient (Wildman–Crippen LogP) is 2.44. The van der Waals surface area contributed by atoms with E-state index in [1.54, 1.807) is 0 Å². The Balaban J connectivity index is 0.00000169. The number of rotatable bonds is 2. The van der Waals surface area contributed by atoms with Crippen LogP contribution in [0.3, 0.4) is 0 Å². The van der Waals surface area contributed by atoms with E-state index in [0.717, 1.165) is 0 Å². The molecule has 1 heterocycles. The molecule has 0 bridgehead atoms. The minimum Gasteiger partial charge on any atom is -0.381 e. The normalized spacial score (nSPS) is 11.1. The molecule has 2 N–H and O–H groups in total. The molecule has 0 saturated heterocycles. The van der Waals surface area contributed by atoms with Gasteiger partial charge in [0, 0.05) is 12.7 Å². The van der Waals surface area contributed by atoms with E-state index in [9.17, 15) is 13.2 Å². The van der Waals surface area contributed by atoms with Gasteiger partial charge in [-0.1, -0.05) is 0 Å². The number of aryl methyl sites for hydroxylation is 1. The molecule has 0 saturated carbocycles. The SMILES string of the molecule is Cl.Nc1nn(CCC(F)(F)F)cc1I. The molecule has 0 aliphatic rings. The maximum Gasteiger partial charge on any atom is 0.390 e. The first kappa shape index (κ1) is 13.8. The monoisotopic (exact) mass is 341 g/mol. The number of aromatic nitrogens is 2. The fourth-order valence-electron chi connectivity index (χ4n) is 0.768. The summed E-state index contributed by atoms with van der Waals surface area (Å²) in [6.45, 7) is -0.184. The van der Waals surface area contributed by atoms with Gasteiger partial charge in [-0.25, -0.2) is 0 Å². The largest absolute Gasteiger partial charge is 0.390 e. The van der Waals surface area contributed by atoms with Gasteiger partial charge in [-0.3, -0.25) is 4.68 Å². The molecule has 82 valence electrons. The van der Waals surface area contributed by atoms with E-state index in [0.29, 0.717) is 3.57 Å². The van der Waals surface area contributed by atoms with Crippen LogP contribution in [-0.2, 0) is 6.54 Å². The lowest BCUT2D eigenvalue weighted by molar-refractivity contribution is -0.137. The molecule has 0 unspecified atom stereocenters. The van der Waals surface area contributed by atoms with Crippen molar-refractivity contribution in [1.29, 1.82) is 0 Å². The van der Waals surface area contributed by atoms with E-state index >= 15 is 0 Å². The first-order valence-electron chi connectivity index (χ1n) is 3.43. The Bertz CT molecular complexity index is 280. The van der Waals surface area contributed by atoms with Crippen molar-refractivity contribution in [2.75, 3.05) is 5.73 Å². The first-order chi connectivity index (χ1) is 5.88. The van der Waals surface area contributed by atoms with E-state index < -0.39 is 12.6 Å². The van der Waals surface area contributed by atoms with E-state index in [2.05, 4.69) is 5.10 Å². The number of hydrogen-bond acceptors (Lipinski definition) is 2. The molecule has 0 radical (unpaired) electrons. The highest BCUT2D eigenvalue weighted by Crippen LogP contribution is 2.20. The summed E-state index contributed by atoms with van der Waals surface area (Å²) in [5.74, 6) is 0.266. The van der Waals surface area contributed by atoms with Crippen molar-refractivity contribution < 1.29 is 13.2 Å². The molecule has 14 heavy (non-hydrogen) atoms. The molecule has 0 aliphatic carbocycles. The summed E-state index contributed by atoms with van der Waals surface area (Å²) >= 11 is 1.92. The molecule has 1 rings (SSSR count). The van der Waals surface area contributed by atoms with E-state index in [-0.39, 0.29) is 24.8 Å². The summed E-state index contributed by atoms with van der Waals surface area (Å²) < 4.78 is 37.2. The van der Waals surface area contributed by atoms with Crippen LogP contribution in [0.4, 0.5) is 19.0 Å². The number of nitrogens with two attached hydrogens (primary N) is 1. The molecule has 0 spiro atoms. The van der Waals surface area contributed by atoms with Crippen LogP contribution in [0.15, 0.2) is 6.20 Å². The minimum atomic E-state index is -4.15. The first-order valence-corrected chi connectivity index (χ1v) is 4.51. The summed E-state index contributed by atoms with van der Waals surface area (Å²) in [5.41, 5.74) is 5.36. The second-order valence-corrected chi connectivity index (χ2v) is 3.65. The topological polar surface area (TPSA) is 43.8 Å². The highest BCUT2D eigenvalue weighted by atomic mass is 127. The second-order valence-electron chi connectivity index (χ2n) is 2.49. The Kier molecular flexibility index (Phi) is 4.99. The van der Waals surface area contributed by atoms with Gasteiger partial charge in [0.15, 0.2) is 5.82 Å². The van der Waals surface area contributed by atoms with E-state index in [1.807, 2.05) is 22.6 Å². The zero-order valence-corrected chi connectivity index (χ0v) is 9.86. The van der Waals surface area contributed by atoms with Crippen molar-refractivity contribution >= 4 is 40.8 Å². The van der Waals surface area contributed by atoms with Gasteiger partial charge < -0.3 is 5.73 Å². The fourth-order valence-corrected chi connectivity index (χ4v) is 1.20. The third kappa shape index (κ3) is 4.36. The Morgan fingerprint density at radius 3 is 2.43 bits per heavy atom. The van der Waals surface area contributed by atoms with Crippen molar-refractivity contribution in [3.8, 4) is 0 Å². The molecule has 8 heteroatoms. The third-order valence-electron chi connectivity index (χ3n) is 1.37. The van der Waals surface area contributed by atoms with Crippen LogP contribution in [0.25, 0.3) is 0 Å². The lowest BCUT2D eigenvalue weighted by atomic mass is 10.4. The minimum absolute atomic E-state index is 0. The molecule has 1 aromatic rings. The lowest BCUT2D eigenvalue weighted by Crippen LogP contribution is -2.12. The highest BCUT2D eigenvalue weighted by molar-refractivity contribution is 14.1. The second kappa shape index (κ2) is 5.06. The number of anilines is 1. The average molecular weight is 342 g/mol. The van der Waals surface area contributed by atoms with Crippen LogP contribution in [-0.4, -0.2) is 16.0 Å². The molecule has 0 aliphatic heterocycles. The van der Waals surface area contributed by atoms with Crippen LogP contribution in [0.5, 0.6) is 0 Å². The summed E-state index contributed by atoms with van der Waals surface area (Å²) in [5, 5.41) is 3.70. The maximum atomic E-state index is 11.8. The standard InChI is InChI=1S/C6H7F3IN3.ClH/c7-6(8,9)1-2-13-3-4(10)5(11)12-13;/h3H,1-2H2,(H2,11,12);1H. The third-order valence-corrected chi connectivity index (χ3v) is 2.20. The number of alkyl halides is 3. The Hall–Kier alpha value is -0.180. The number of halogens is 5.